The Morgan fingerprint density at radius 3 is 2.89 bits per heavy atom. The lowest BCUT2D eigenvalue weighted by Gasteiger charge is -2.04. The maximum atomic E-state index is 12.0. The van der Waals surface area contributed by atoms with Gasteiger partial charge < -0.3 is 11.1 Å². The fraction of sp³-hybridized carbons (Fsp3) is 0.250. The van der Waals surface area contributed by atoms with Gasteiger partial charge in [-0.2, -0.15) is 5.10 Å². The van der Waals surface area contributed by atoms with E-state index in [4.69, 9.17) is 5.73 Å². The molecule has 6 nitrogen and oxygen atoms in total. The molecular weight excluding hydrogens is 230 g/mol. The van der Waals surface area contributed by atoms with E-state index in [-0.39, 0.29) is 5.91 Å². The van der Waals surface area contributed by atoms with Gasteiger partial charge in [-0.3, -0.25) is 9.48 Å². The van der Waals surface area contributed by atoms with Gasteiger partial charge in [0.2, 0.25) is 0 Å². The molecule has 0 aromatic carbocycles. The van der Waals surface area contributed by atoms with Gasteiger partial charge in [0, 0.05) is 19.4 Å². The van der Waals surface area contributed by atoms with Crippen LogP contribution in [0.5, 0.6) is 0 Å². The van der Waals surface area contributed by atoms with Gasteiger partial charge in [-0.15, -0.1) is 0 Å². The monoisotopic (exact) mass is 245 g/mol. The number of rotatable bonds is 3. The van der Waals surface area contributed by atoms with Crippen LogP contribution in [0.25, 0.3) is 0 Å². The Morgan fingerprint density at radius 1 is 1.50 bits per heavy atom. The fourth-order valence-corrected chi connectivity index (χ4v) is 1.63. The van der Waals surface area contributed by atoms with Gasteiger partial charge >= 0.3 is 0 Å². The quantitative estimate of drug-likeness (QED) is 0.851. The molecule has 6 heteroatoms. The second kappa shape index (κ2) is 4.87. The van der Waals surface area contributed by atoms with Crippen LogP contribution in [0.2, 0.25) is 0 Å². The van der Waals surface area contributed by atoms with Crippen molar-refractivity contribution in [3.05, 3.63) is 35.8 Å². The number of carbonyl (C=O) groups excluding carboxylic acids is 1. The first-order chi connectivity index (χ1) is 8.60. The zero-order chi connectivity index (χ0) is 13.1. The van der Waals surface area contributed by atoms with Gasteiger partial charge in [-0.05, 0) is 18.6 Å². The number of amides is 1. The van der Waals surface area contributed by atoms with Crippen LogP contribution < -0.4 is 11.1 Å². The molecule has 2 aromatic rings. The number of nitrogens with two attached hydrogens (primary N) is 1. The van der Waals surface area contributed by atoms with Crippen LogP contribution in [-0.2, 0) is 13.5 Å². The average molecular weight is 245 g/mol. The molecule has 0 fully saturated rings. The minimum atomic E-state index is -0.217. The maximum Gasteiger partial charge on any atom is 0.257 e. The SMILES string of the molecule is CCc1nn(C)cc1NC(=O)c1ccc(N)nc1. The van der Waals surface area contributed by atoms with Crippen molar-refractivity contribution >= 4 is 17.4 Å². The van der Waals surface area contributed by atoms with E-state index in [9.17, 15) is 4.79 Å². The van der Waals surface area contributed by atoms with Crippen molar-refractivity contribution in [1.82, 2.24) is 14.8 Å². The van der Waals surface area contributed by atoms with Crippen molar-refractivity contribution in [3.63, 3.8) is 0 Å². The molecule has 0 saturated carbocycles. The van der Waals surface area contributed by atoms with Gasteiger partial charge in [0.1, 0.15) is 5.82 Å². The number of hydrogen-bond donors (Lipinski definition) is 2. The van der Waals surface area contributed by atoms with Crippen molar-refractivity contribution < 1.29 is 4.79 Å². The van der Waals surface area contributed by atoms with Gasteiger partial charge in [0.15, 0.2) is 0 Å². The van der Waals surface area contributed by atoms with Crippen molar-refractivity contribution in [2.45, 2.75) is 13.3 Å². The lowest BCUT2D eigenvalue weighted by Crippen LogP contribution is -2.13. The molecule has 0 radical (unpaired) electrons. The predicted molar refractivity (Wildman–Crippen MR) is 69.2 cm³/mol. The standard InChI is InChI=1S/C12H15N5O/c1-3-9-10(7-17(2)16-9)15-12(18)8-4-5-11(13)14-6-8/h4-7H,3H2,1-2H3,(H2,13,14)(H,15,18). The summed E-state index contributed by atoms with van der Waals surface area (Å²) in [6.07, 6.45) is 3.99. The largest absolute Gasteiger partial charge is 0.384 e. The number of hydrogen-bond acceptors (Lipinski definition) is 4. The molecule has 0 spiro atoms. The molecule has 2 heterocycles. The van der Waals surface area contributed by atoms with E-state index in [1.807, 2.05) is 14.0 Å². The highest BCUT2D eigenvalue weighted by atomic mass is 16.1. The Kier molecular flexibility index (Phi) is 3.27. The summed E-state index contributed by atoms with van der Waals surface area (Å²) >= 11 is 0. The first-order valence-electron chi connectivity index (χ1n) is 5.65. The van der Waals surface area contributed by atoms with Crippen molar-refractivity contribution in [2.75, 3.05) is 11.1 Å². The molecule has 0 saturated heterocycles. The zero-order valence-corrected chi connectivity index (χ0v) is 10.3. The van der Waals surface area contributed by atoms with E-state index in [2.05, 4.69) is 15.4 Å². The van der Waals surface area contributed by atoms with Crippen LogP contribution in [0.1, 0.15) is 23.0 Å². The molecule has 0 aliphatic rings. The van der Waals surface area contributed by atoms with Gasteiger partial charge in [-0.1, -0.05) is 6.92 Å². The van der Waals surface area contributed by atoms with Gasteiger partial charge in [0.25, 0.3) is 5.91 Å². The fourth-order valence-electron chi connectivity index (χ4n) is 1.63. The smallest absolute Gasteiger partial charge is 0.257 e. The number of anilines is 2. The second-order valence-electron chi connectivity index (χ2n) is 3.94. The summed E-state index contributed by atoms with van der Waals surface area (Å²) < 4.78 is 1.68. The topological polar surface area (TPSA) is 85.8 Å². The normalized spacial score (nSPS) is 10.3. The van der Waals surface area contributed by atoms with Crippen LogP contribution in [0, 0.1) is 0 Å². The highest BCUT2D eigenvalue weighted by Crippen LogP contribution is 2.15. The summed E-state index contributed by atoms with van der Waals surface area (Å²) in [6, 6.07) is 3.23. The summed E-state index contributed by atoms with van der Waals surface area (Å²) in [5, 5.41) is 7.07. The Labute approximate surface area is 105 Å². The molecule has 1 amide bonds. The Balaban J connectivity index is 2.18. The third-order valence-electron chi connectivity index (χ3n) is 2.54. The summed E-state index contributed by atoms with van der Waals surface area (Å²) in [6.45, 7) is 1.99. The number of pyridine rings is 1. The minimum Gasteiger partial charge on any atom is -0.384 e. The van der Waals surface area contributed by atoms with Gasteiger partial charge in [0.05, 0.1) is 16.9 Å². The highest BCUT2D eigenvalue weighted by molar-refractivity contribution is 6.04. The van der Waals surface area contributed by atoms with Crippen LogP contribution in [0.15, 0.2) is 24.5 Å². The van der Waals surface area contributed by atoms with E-state index in [1.54, 1.807) is 23.0 Å². The molecule has 18 heavy (non-hydrogen) atoms. The lowest BCUT2D eigenvalue weighted by molar-refractivity contribution is 0.102. The van der Waals surface area contributed by atoms with E-state index in [1.165, 1.54) is 6.20 Å². The number of carbonyl (C=O) groups is 1. The van der Waals surface area contributed by atoms with Crippen molar-refractivity contribution in [2.24, 2.45) is 7.05 Å². The summed E-state index contributed by atoms with van der Waals surface area (Å²) in [7, 11) is 1.82. The highest BCUT2D eigenvalue weighted by Gasteiger charge is 2.11. The second-order valence-corrected chi connectivity index (χ2v) is 3.94. The molecule has 0 aliphatic heterocycles. The molecule has 0 aliphatic carbocycles. The zero-order valence-electron chi connectivity index (χ0n) is 10.3. The lowest BCUT2D eigenvalue weighted by atomic mass is 10.2. The molecule has 3 N–H and O–H groups in total. The van der Waals surface area contributed by atoms with E-state index < -0.39 is 0 Å². The number of aromatic nitrogens is 3. The summed E-state index contributed by atoms with van der Waals surface area (Å²) in [5.74, 6) is 0.173. The number of nitrogens with one attached hydrogen (secondary N) is 1. The average Bonchev–Trinajstić information content (AvgIpc) is 2.70. The third kappa shape index (κ3) is 2.48. The van der Waals surface area contributed by atoms with E-state index in [0.29, 0.717) is 11.4 Å². The van der Waals surface area contributed by atoms with Crippen LogP contribution in [-0.4, -0.2) is 20.7 Å². The third-order valence-corrected chi connectivity index (χ3v) is 2.54. The first-order valence-corrected chi connectivity index (χ1v) is 5.65. The molecule has 0 atom stereocenters. The van der Waals surface area contributed by atoms with Crippen LogP contribution >= 0.6 is 0 Å². The Morgan fingerprint density at radius 2 is 2.28 bits per heavy atom. The van der Waals surface area contributed by atoms with E-state index >= 15 is 0 Å². The predicted octanol–water partition coefficient (Wildman–Crippen LogP) is 1.21. The molecule has 94 valence electrons. The Hall–Kier alpha value is -2.37. The van der Waals surface area contributed by atoms with Gasteiger partial charge in [-0.25, -0.2) is 4.98 Å². The molecule has 2 aromatic heterocycles. The summed E-state index contributed by atoms with van der Waals surface area (Å²) in [5.41, 5.74) is 7.52. The van der Waals surface area contributed by atoms with Crippen molar-refractivity contribution in [1.29, 1.82) is 0 Å². The maximum absolute atomic E-state index is 12.0. The van der Waals surface area contributed by atoms with Crippen molar-refractivity contribution in [3.8, 4) is 0 Å². The van der Waals surface area contributed by atoms with Crippen LogP contribution in [0.3, 0.4) is 0 Å². The number of nitrogen functional groups attached to an aromatic ring is 1. The summed E-state index contributed by atoms with van der Waals surface area (Å²) in [4.78, 5) is 15.9. The molecule has 0 bridgehead atoms. The molecule has 2 rings (SSSR count). The van der Waals surface area contributed by atoms with E-state index in [0.717, 1.165) is 17.8 Å². The van der Waals surface area contributed by atoms with Crippen LogP contribution in [0.4, 0.5) is 11.5 Å². The molecular formula is C12H15N5O. The number of aryl methyl sites for hydroxylation is 2. The molecule has 0 unspecified atom stereocenters. The first kappa shape index (κ1) is 12.1. The number of nitrogens with zero attached hydrogens (tertiary/aromatic N) is 3. The Bertz CT molecular complexity index is 558. The minimum absolute atomic E-state index is 0.217.